The van der Waals surface area contributed by atoms with Crippen LogP contribution in [-0.4, -0.2) is 22.6 Å². The average molecular weight is 193 g/mol. The van der Waals surface area contributed by atoms with Gasteiger partial charge in [0.05, 0.1) is 0 Å². The lowest BCUT2D eigenvalue weighted by atomic mass is 9.85. The van der Waals surface area contributed by atoms with Gasteiger partial charge in [-0.05, 0) is 12.1 Å². The van der Waals surface area contributed by atoms with E-state index in [1.165, 1.54) is 0 Å². The van der Waals surface area contributed by atoms with E-state index in [0.29, 0.717) is 0 Å². The third-order valence-corrected chi connectivity index (χ3v) is 1.74. The Balaban J connectivity index is 0.000000132. The molecule has 1 aromatic rings. The molecule has 0 radical (unpaired) electrons. The van der Waals surface area contributed by atoms with Crippen LogP contribution in [0.2, 0.25) is 5.02 Å². The third kappa shape index (κ3) is 5.77. The van der Waals surface area contributed by atoms with Crippen LogP contribution >= 0.6 is 11.6 Å². The Labute approximate surface area is 85.5 Å². The molecule has 0 saturated carbocycles. The van der Waals surface area contributed by atoms with Gasteiger partial charge in [0.15, 0.2) is 0 Å². The Kier molecular flexibility index (Phi) is 5.77. The molecule has 0 aliphatic carbocycles. The zero-order chi connectivity index (χ0) is 9.36. The van der Waals surface area contributed by atoms with Crippen molar-refractivity contribution in [2.75, 3.05) is 0 Å². The van der Waals surface area contributed by atoms with Crippen LogP contribution in [0.15, 0.2) is 30.3 Å². The molecule has 0 aromatic heterocycles. The number of hydrogen-bond acceptors (Lipinski definition) is 3. The fourth-order valence-corrected chi connectivity index (χ4v) is 1.01. The van der Waals surface area contributed by atoms with Crippen molar-refractivity contribution >= 4 is 34.2 Å². The van der Waals surface area contributed by atoms with E-state index in [0.717, 1.165) is 27.7 Å². The van der Waals surface area contributed by atoms with Crippen LogP contribution in [0.1, 0.15) is 0 Å². The minimum Gasteiger partial charge on any atom is -0.378 e. The first-order valence-electron chi connectivity index (χ1n) is 4.22. The standard InChI is InChI=1S/C6H5Cl.B3H6N3/c7-6-4-2-1-3-5-6;1-4-2-6-3-5-1/h1-5H;1-6H. The van der Waals surface area contributed by atoms with Crippen LogP contribution in [0.5, 0.6) is 0 Å². The van der Waals surface area contributed by atoms with E-state index in [1.807, 2.05) is 30.3 Å². The zero-order valence-corrected chi connectivity index (χ0v) is 8.14. The summed E-state index contributed by atoms with van der Waals surface area (Å²) in [5.74, 6) is 0. The number of rotatable bonds is 0. The smallest absolute Gasteiger partial charge is 0.265 e. The van der Waals surface area contributed by atoms with Gasteiger partial charge in [-0.15, -0.1) is 0 Å². The molecule has 0 unspecified atom stereocenters. The van der Waals surface area contributed by atoms with Gasteiger partial charge < -0.3 is 15.4 Å². The Morgan fingerprint density at radius 2 is 1.31 bits per heavy atom. The van der Waals surface area contributed by atoms with Crippen molar-refractivity contribution < 1.29 is 0 Å². The van der Waals surface area contributed by atoms with Crippen molar-refractivity contribution in [2.24, 2.45) is 0 Å². The maximum absolute atomic E-state index is 5.54. The third-order valence-electron chi connectivity index (χ3n) is 1.48. The monoisotopic (exact) mass is 193 g/mol. The highest BCUT2D eigenvalue weighted by molar-refractivity contribution is 6.65. The van der Waals surface area contributed by atoms with Gasteiger partial charge in [-0.3, -0.25) is 0 Å². The van der Waals surface area contributed by atoms with Crippen molar-refractivity contribution in [1.29, 1.82) is 0 Å². The van der Waals surface area contributed by atoms with Crippen LogP contribution in [0.3, 0.4) is 0 Å². The molecule has 3 nitrogen and oxygen atoms in total. The van der Waals surface area contributed by atoms with Crippen molar-refractivity contribution in [1.82, 2.24) is 15.4 Å². The summed E-state index contributed by atoms with van der Waals surface area (Å²) in [5.41, 5.74) is 0. The minimum absolute atomic E-state index is 0.794. The zero-order valence-electron chi connectivity index (χ0n) is 7.39. The average Bonchev–Trinajstić information content (AvgIpc) is 2.22. The van der Waals surface area contributed by atoms with E-state index in [2.05, 4.69) is 15.4 Å². The van der Waals surface area contributed by atoms with Crippen LogP contribution < -0.4 is 15.4 Å². The van der Waals surface area contributed by atoms with Crippen molar-refractivity contribution in [3.8, 4) is 0 Å². The van der Waals surface area contributed by atoms with Gasteiger partial charge >= 0.3 is 0 Å². The first-order chi connectivity index (χ1) is 6.39. The van der Waals surface area contributed by atoms with Crippen molar-refractivity contribution in [2.45, 2.75) is 0 Å². The Morgan fingerprint density at radius 1 is 0.846 bits per heavy atom. The lowest BCUT2D eigenvalue weighted by Gasteiger charge is -2.08. The van der Waals surface area contributed by atoms with E-state index < -0.39 is 0 Å². The molecule has 1 aromatic carbocycles. The predicted octanol–water partition coefficient (Wildman–Crippen LogP) is -1.09. The van der Waals surface area contributed by atoms with Crippen molar-refractivity contribution in [3.63, 3.8) is 0 Å². The number of nitrogens with one attached hydrogen (secondary N) is 3. The van der Waals surface area contributed by atoms with Gasteiger partial charge in [0.1, 0.15) is 0 Å². The molecule has 1 aliphatic rings. The summed E-state index contributed by atoms with van der Waals surface area (Å²) in [4.78, 5) is 0. The van der Waals surface area contributed by atoms with E-state index in [9.17, 15) is 0 Å². The van der Waals surface area contributed by atoms with E-state index in [4.69, 9.17) is 11.6 Å². The second-order valence-corrected chi connectivity index (χ2v) is 3.01. The number of hydrogen-bond donors (Lipinski definition) is 3. The number of benzene rings is 1. The molecule has 0 bridgehead atoms. The Bertz CT molecular complexity index is 208. The van der Waals surface area contributed by atoms with Gasteiger partial charge in [-0.25, -0.2) is 0 Å². The Morgan fingerprint density at radius 3 is 1.54 bits per heavy atom. The molecular weight excluding hydrogens is 182 g/mol. The topological polar surface area (TPSA) is 36.1 Å². The number of halogens is 1. The van der Waals surface area contributed by atoms with E-state index in [-0.39, 0.29) is 0 Å². The molecule has 1 aliphatic heterocycles. The second kappa shape index (κ2) is 7.03. The van der Waals surface area contributed by atoms with Crippen LogP contribution in [0.25, 0.3) is 0 Å². The van der Waals surface area contributed by atoms with Gasteiger partial charge in [0.2, 0.25) is 0 Å². The highest BCUT2D eigenvalue weighted by Crippen LogP contribution is 2.03. The largest absolute Gasteiger partial charge is 0.378 e. The molecule has 0 atom stereocenters. The molecule has 1 saturated heterocycles. The predicted molar refractivity (Wildman–Crippen MR) is 62.3 cm³/mol. The summed E-state index contributed by atoms with van der Waals surface area (Å²) >= 11 is 5.54. The second-order valence-electron chi connectivity index (χ2n) is 2.58. The highest BCUT2D eigenvalue weighted by atomic mass is 35.5. The van der Waals surface area contributed by atoms with E-state index >= 15 is 0 Å². The summed E-state index contributed by atoms with van der Waals surface area (Å²) < 4.78 is 0. The molecule has 0 spiro atoms. The summed E-state index contributed by atoms with van der Waals surface area (Å²) in [6.07, 6.45) is 0. The van der Waals surface area contributed by atoms with Crippen molar-refractivity contribution in [3.05, 3.63) is 35.4 Å². The molecule has 13 heavy (non-hydrogen) atoms. The summed E-state index contributed by atoms with van der Waals surface area (Å²) in [5, 5.41) is 9.98. The first-order valence-corrected chi connectivity index (χ1v) is 4.60. The lowest BCUT2D eigenvalue weighted by molar-refractivity contribution is 1.28. The molecule has 3 N–H and O–H groups in total. The van der Waals surface area contributed by atoms with Gasteiger partial charge in [0.25, 0.3) is 22.6 Å². The highest BCUT2D eigenvalue weighted by Gasteiger charge is 1.97. The molecule has 66 valence electrons. The summed E-state index contributed by atoms with van der Waals surface area (Å²) in [7, 11) is 2.81. The lowest BCUT2D eigenvalue weighted by Crippen LogP contribution is -2.55. The van der Waals surface area contributed by atoms with E-state index in [1.54, 1.807) is 0 Å². The maximum Gasteiger partial charge on any atom is 0.265 e. The molecule has 7 heteroatoms. The quantitative estimate of drug-likeness (QED) is 0.458. The van der Waals surface area contributed by atoms with Crippen LogP contribution in [0, 0.1) is 0 Å². The Hall–Kier alpha value is -0.415. The molecule has 1 heterocycles. The maximum atomic E-state index is 5.54. The molecular formula is C6H11B3ClN3. The normalized spacial score (nSPS) is 13.9. The fourth-order valence-electron chi connectivity index (χ4n) is 0.867. The van der Waals surface area contributed by atoms with Gasteiger partial charge in [0, 0.05) is 5.02 Å². The van der Waals surface area contributed by atoms with Crippen LogP contribution in [-0.2, 0) is 0 Å². The molecule has 0 amide bonds. The molecule has 1 fully saturated rings. The van der Waals surface area contributed by atoms with Gasteiger partial charge in [-0.1, -0.05) is 29.8 Å². The fraction of sp³-hybridized carbons (Fsp3) is 0. The minimum atomic E-state index is 0.794. The summed E-state index contributed by atoms with van der Waals surface area (Å²) in [6.45, 7) is 0. The first kappa shape index (κ1) is 10.7. The van der Waals surface area contributed by atoms with Gasteiger partial charge in [-0.2, -0.15) is 0 Å². The summed E-state index contributed by atoms with van der Waals surface area (Å²) in [6, 6.07) is 9.44. The SMILES string of the molecule is B1NBNBN1.Clc1ccccc1. The van der Waals surface area contributed by atoms with Crippen LogP contribution in [0.4, 0.5) is 0 Å². The molecule has 2 rings (SSSR count).